The molecule has 0 spiro atoms. The lowest BCUT2D eigenvalue weighted by atomic mass is 10.3. The molecule has 3 heteroatoms. The number of aromatic nitrogens is 1. The minimum atomic E-state index is -0.320. The van der Waals surface area contributed by atoms with Crippen molar-refractivity contribution in [2.24, 2.45) is 0 Å². The van der Waals surface area contributed by atoms with Crippen LogP contribution in [0.15, 0.2) is 24.5 Å². The smallest absolute Gasteiger partial charge is 0.344 e. The van der Waals surface area contributed by atoms with E-state index >= 15 is 0 Å². The number of hydrogen-bond donors (Lipinski definition) is 0. The average Bonchev–Trinajstić information content (AvgIpc) is 2.19. The molecule has 1 heterocycles. The van der Waals surface area contributed by atoms with Crippen molar-refractivity contribution in [2.75, 3.05) is 6.61 Å². The van der Waals surface area contributed by atoms with Gasteiger partial charge in [-0.05, 0) is 18.9 Å². The molecule has 0 aliphatic carbocycles. The van der Waals surface area contributed by atoms with Crippen LogP contribution in [-0.4, -0.2) is 12.6 Å². The number of rotatable bonds is 3. The molecule has 0 aliphatic heterocycles. The molecule has 0 fully saturated rings. The van der Waals surface area contributed by atoms with Gasteiger partial charge in [-0.2, -0.15) is 4.57 Å². The number of nitrogens with zero attached hydrogens (tertiary/aromatic N) is 1. The highest BCUT2D eigenvalue weighted by molar-refractivity contribution is 5.88. The number of carbonyl (C=O) groups excluding carboxylic acids is 1. The predicted octanol–water partition coefficient (Wildman–Crippen LogP) is 0.784. The van der Waals surface area contributed by atoms with Gasteiger partial charge in [0.05, 0.1) is 6.61 Å². The minimum absolute atomic E-state index is 0.320. The van der Waals surface area contributed by atoms with E-state index in [9.17, 15) is 4.79 Å². The van der Waals surface area contributed by atoms with E-state index in [0.717, 1.165) is 0 Å². The van der Waals surface area contributed by atoms with Gasteiger partial charge in [0.1, 0.15) is 5.56 Å². The Labute approximate surface area is 83.3 Å². The monoisotopic (exact) mass is 190 g/mol. The van der Waals surface area contributed by atoms with Crippen LogP contribution in [0.2, 0.25) is 0 Å². The summed E-state index contributed by atoms with van der Waals surface area (Å²) in [7, 11) is 0. The Kier molecular flexibility index (Phi) is 3.69. The van der Waals surface area contributed by atoms with Crippen molar-refractivity contribution in [1.82, 2.24) is 0 Å². The second-order valence-corrected chi connectivity index (χ2v) is 2.69. The maximum Gasteiger partial charge on any atom is 0.344 e. The summed E-state index contributed by atoms with van der Waals surface area (Å²) in [4.78, 5) is 11.3. The Balaban J connectivity index is 2.83. The molecule has 0 aliphatic rings. The summed E-state index contributed by atoms with van der Waals surface area (Å²) in [5, 5.41) is 0. The van der Waals surface area contributed by atoms with E-state index in [2.05, 4.69) is 5.92 Å². The lowest BCUT2D eigenvalue weighted by Gasteiger charge is -1.99. The third-order valence-electron chi connectivity index (χ3n) is 1.64. The third-order valence-corrected chi connectivity index (χ3v) is 1.64. The lowest BCUT2D eigenvalue weighted by Crippen LogP contribution is -2.33. The van der Waals surface area contributed by atoms with Crippen molar-refractivity contribution in [1.29, 1.82) is 0 Å². The summed E-state index contributed by atoms with van der Waals surface area (Å²) in [5.74, 6) is 2.17. The molecule has 3 nitrogen and oxygen atoms in total. The van der Waals surface area contributed by atoms with Gasteiger partial charge in [0.2, 0.25) is 6.54 Å². The first-order valence-electron chi connectivity index (χ1n) is 4.37. The molecule has 1 rings (SSSR count). The Morgan fingerprint density at radius 1 is 1.71 bits per heavy atom. The molecular weight excluding hydrogens is 178 g/mol. The average molecular weight is 190 g/mol. The molecule has 0 radical (unpaired) electrons. The number of hydrogen-bond acceptors (Lipinski definition) is 2. The van der Waals surface area contributed by atoms with Crippen LogP contribution in [-0.2, 0) is 11.3 Å². The zero-order chi connectivity index (χ0) is 10.4. The predicted molar refractivity (Wildman–Crippen MR) is 51.4 cm³/mol. The highest BCUT2D eigenvalue weighted by Crippen LogP contribution is 1.97. The number of esters is 1. The van der Waals surface area contributed by atoms with Crippen molar-refractivity contribution in [3.8, 4) is 12.3 Å². The first kappa shape index (κ1) is 10.3. The van der Waals surface area contributed by atoms with Crippen molar-refractivity contribution in [3.05, 3.63) is 30.1 Å². The van der Waals surface area contributed by atoms with E-state index in [0.29, 0.717) is 18.7 Å². The molecule has 0 aromatic carbocycles. The second kappa shape index (κ2) is 5.03. The van der Waals surface area contributed by atoms with Crippen LogP contribution in [0.3, 0.4) is 0 Å². The third kappa shape index (κ3) is 2.60. The van der Waals surface area contributed by atoms with Crippen molar-refractivity contribution >= 4 is 5.97 Å². The molecule has 0 saturated carbocycles. The summed E-state index contributed by atoms with van der Waals surface area (Å²) in [5.41, 5.74) is 0.518. The van der Waals surface area contributed by atoms with Crippen molar-refractivity contribution < 1.29 is 14.1 Å². The SMILES string of the molecule is C#CC[n+]1cccc(C(=O)OCC)c1. The Hall–Kier alpha value is -1.82. The topological polar surface area (TPSA) is 30.2 Å². The maximum absolute atomic E-state index is 11.3. The van der Waals surface area contributed by atoms with Crippen LogP contribution < -0.4 is 4.57 Å². The van der Waals surface area contributed by atoms with Crippen molar-refractivity contribution in [2.45, 2.75) is 13.5 Å². The van der Waals surface area contributed by atoms with Crippen LogP contribution in [0, 0.1) is 12.3 Å². The highest BCUT2D eigenvalue weighted by Gasteiger charge is 2.10. The fourth-order valence-corrected chi connectivity index (χ4v) is 1.06. The molecule has 0 atom stereocenters. The minimum Gasteiger partial charge on any atom is -0.462 e. The largest absolute Gasteiger partial charge is 0.462 e. The fraction of sp³-hybridized carbons (Fsp3) is 0.273. The first-order chi connectivity index (χ1) is 6.77. The Bertz CT molecular complexity index is 366. The van der Waals surface area contributed by atoms with Gasteiger partial charge in [0, 0.05) is 6.07 Å². The van der Waals surface area contributed by atoms with E-state index in [1.165, 1.54) is 0 Å². The van der Waals surface area contributed by atoms with E-state index in [-0.39, 0.29) is 5.97 Å². The molecule has 0 N–H and O–H groups in total. The molecular formula is C11H12NO2+. The van der Waals surface area contributed by atoms with Crippen LogP contribution >= 0.6 is 0 Å². The summed E-state index contributed by atoms with van der Waals surface area (Å²) in [6.07, 6.45) is 8.64. The summed E-state index contributed by atoms with van der Waals surface area (Å²) in [6.45, 7) is 2.60. The van der Waals surface area contributed by atoms with Gasteiger partial charge < -0.3 is 4.74 Å². The molecule has 0 saturated heterocycles. The van der Waals surface area contributed by atoms with Crippen molar-refractivity contribution in [3.63, 3.8) is 0 Å². The Morgan fingerprint density at radius 3 is 3.14 bits per heavy atom. The van der Waals surface area contributed by atoms with Gasteiger partial charge in [-0.15, -0.1) is 6.42 Å². The van der Waals surface area contributed by atoms with Crippen LogP contribution in [0.5, 0.6) is 0 Å². The normalized spacial score (nSPS) is 9.14. The number of pyridine rings is 1. The standard InChI is InChI=1S/C11H12NO2/c1-3-7-12-8-5-6-10(9-12)11(13)14-4-2/h1,5-6,8-9H,4,7H2,2H3/q+1. The van der Waals surface area contributed by atoms with Gasteiger partial charge in [-0.25, -0.2) is 4.79 Å². The van der Waals surface area contributed by atoms with Crippen LogP contribution in [0.25, 0.3) is 0 Å². The number of terminal acetylenes is 1. The first-order valence-corrected chi connectivity index (χ1v) is 4.37. The van der Waals surface area contributed by atoms with E-state index in [1.807, 2.05) is 6.20 Å². The lowest BCUT2D eigenvalue weighted by molar-refractivity contribution is -0.684. The molecule has 14 heavy (non-hydrogen) atoms. The second-order valence-electron chi connectivity index (χ2n) is 2.69. The fourth-order valence-electron chi connectivity index (χ4n) is 1.06. The quantitative estimate of drug-likeness (QED) is 0.400. The summed E-state index contributed by atoms with van der Waals surface area (Å²) in [6, 6.07) is 3.47. The molecule has 0 unspecified atom stereocenters. The van der Waals surface area contributed by atoms with Gasteiger partial charge in [0.25, 0.3) is 0 Å². The van der Waals surface area contributed by atoms with Gasteiger partial charge in [-0.3, -0.25) is 0 Å². The number of ether oxygens (including phenoxy) is 1. The number of carbonyl (C=O) groups is 1. The highest BCUT2D eigenvalue weighted by atomic mass is 16.5. The van der Waals surface area contributed by atoms with E-state index < -0.39 is 0 Å². The summed E-state index contributed by atoms with van der Waals surface area (Å²) < 4.78 is 6.61. The zero-order valence-corrected chi connectivity index (χ0v) is 8.06. The molecule has 1 aromatic heterocycles. The van der Waals surface area contributed by atoms with Gasteiger partial charge in [0.15, 0.2) is 12.4 Å². The van der Waals surface area contributed by atoms with Gasteiger partial charge in [-0.1, -0.05) is 0 Å². The van der Waals surface area contributed by atoms with Crippen LogP contribution in [0.4, 0.5) is 0 Å². The maximum atomic E-state index is 11.3. The van der Waals surface area contributed by atoms with E-state index in [4.69, 9.17) is 11.2 Å². The molecule has 0 amide bonds. The van der Waals surface area contributed by atoms with E-state index in [1.54, 1.807) is 29.8 Å². The Morgan fingerprint density at radius 2 is 2.50 bits per heavy atom. The summed E-state index contributed by atoms with van der Waals surface area (Å²) >= 11 is 0. The molecule has 72 valence electrons. The zero-order valence-electron chi connectivity index (χ0n) is 8.06. The molecule has 0 bridgehead atoms. The van der Waals surface area contributed by atoms with Crippen LogP contribution in [0.1, 0.15) is 17.3 Å². The molecule has 1 aromatic rings. The van der Waals surface area contributed by atoms with Gasteiger partial charge >= 0.3 is 5.97 Å².